The molecule has 2 amide bonds. The number of halogens is 2. The predicted molar refractivity (Wildman–Crippen MR) is 177 cm³/mol. The average Bonchev–Trinajstić information content (AvgIpc) is 3.42. The molecule has 2 heterocycles. The molecule has 0 saturated carbocycles. The van der Waals surface area contributed by atoms with Crippen LogP contribution in [0, 0.1) is 0 Å². The number of aromatic nitrogens is 2. The fraction of sp³-hybridized carbons (Fsp3) is 0.343. The van der Waals surface area contributed by atoms with E-state index in [1.807, 2.05) is 72.8 Å². The molecule has 0 aliphatic carbocycles. The van der Waals surface area contributed by atoms with Crippen molar-refractivity contribution in [3.8, 4) is 11.1 Å². The van der Waals surface area contributed by atoms with Gasteiger partial charge >= 0.3 is 0 Å². The molecule has 12 heteroatoms. The molecule has 1 aromatic heterocycles. The highest BCUT2D eigenvalue weighted by molar-refractivity contribution is 6.40. The Hall–Kier alpha value is -3.77. The van der Waals surface area contributed by atoms with Crippen LogP contribution in [0.1, 0.15) is 73.2 Å². The third kappa shape index (κ3) is 9.41. The van der Waals surface area contributed by atoms with Crippen LogP contribution in [0.2, 0.25) is 10.3 Å². The number of nitrogens with zero attached hydrogens (tertiary/aromatic N) is 2. The highest BCUT2D eigenvalue weighted by Gasteiger charge is 2.33. The van der Waals surface area contributed by atoms with Gasteiger partial charge in [0, 0.05) is 31.4 Å². The maximum Gasteiger partial charge on any atom is 0.243 e. The van der Waals surface area contributed by atoms with Crippen LogP contribution in [0.4, 0.5) is 0 Å². The van der Waals surface area contributed by atoms with Crippen molar-refractivity contribution in [1.82, 2.24) is 20.3 Å². The number of unbranched alkanes of at least 4 members (excludes halogenated alkanes) is 2. The van der Waals surface area contributed by atoms with Crippen molar-refractivity contribution in [3.63, 3.8) is 0 Å². The Morgan fingerprint density at radius 2 is 1.60 bits per heavy atom. The van der Waals surface area contributed by atoms with Crippen molar-refractivity contribution in [2.24, 2.45) is 0 Å². The normalized spacial score (nSPS) is 17.7. The highest BCUT2D eigenvalue weighted by atomic mass is 35.5. The summed E-state index contributed by atoms with van der Waals surface area (Å²) in [6.07, 6.45) is 3.64. The quantitative estimate of drug-likeness (QED) is 0.0664. The van der Waals surface area contributed by atoms with Crippen LogP contribution >= 0.6 is 23.2 Å². The molecule has 5 rings (SSSR count). The number of hydroxylamine groups is 1. The molecule has 3 atom stereocenters. The first kappa shape index (κ1) is 34.6. The maximum absolute atomic E-state index is 12.5. The Morgan fingerprint density at radius 3 is 2.28 bits per heavy atom. The molecule has 47 heavy (non-hydrogen) atoms. The fourth-order valence-electron chi connectivity index (χ4n) is 5.58. The van der Waals surface area contributed by atoms with Crippen molar-refractivity contribution in [3.05, 3.63) is 112 Å². The van der Waals surface area contributed by atoms with Gasteiger partial charge in [-0.1, -0.05) is 102 Å². The second-order valence-corrected chi connectivity index (χ2v) is 12.2. The van der Waals surface area contributed by atoms with Crippen LogP contribution in [0.25, 0.3) is 11.1 Å². The summed E-state index contributed by atoms with van der Waals surface area (Å²) in [7, 11) is 0. The lowest BCUT2D eigenvalue weighted by Gasteiger charge is -2.36. The van der Waals surface area contributed by atoms with Gasteiger partial charge < -0.3 is 24.5 Å². The van der Waals surface area contributed by atoms with E-state index in [4.69, 9.17) is 37.9 Å². The number of ether oxygens (including phenoxy) is 2. The van der Waals surface area contributed by atoms with Crippen molar-refractivity contribution >= 4 is 35.0 Å². The van der Waals surface area contributed by atoms with E-state index in [1.54, 1.807) is 16.4 Å². The molecular weight excluding hydrogens is 643 g/mol. The van der Waals surface area contributed by atoms with Crippen molar-refractivity contribution in [2.45, 2.75) is 76.7 Å². The lowest BCUT2D eigenvalue weighted by atomic mass is 9.97. The second-order valence-electron chi connectivity index (χ2n) is 11.5. The van der Waals surface area contributed by atoms with Gasteiger partial charge in [-0.25, -0.2) is 10.5 Å². The number of aliphatic hydroxyl groups is 1. The SMILES string of the molecule is O=C(CCCCCC(=O)NCc1ccccc1-c1ccc([C@@H]2O[C@H](Cn3cnc(Cl)c3Cl)C[C@H](c3ccc(CO)cc3)O2)cc1)NO. The van der Waals surface area contributed by atoms with E-state index >= 15 is 0 Å². The van der Waals surface area contributed by atoms with Gasteiger partial charge in [-0.2, -0.15) is 0 Å². The molecule has 0 bridgehead atoms. The first-order valence-electron chi connectivity index (χ1n) is 15.6. The minimum Gasteiger partial charge on any atom is -0.392 e. The van der Waals surface area contributed by atoms with Gasteiger partial charge in [-0.3, -0.25) is 14.8 Å². The first-order chi connectivity index (χ1) is 22.8. The summed E-state index contributed by atoms with van der Waals surface area (Å²) in [6.45, 7) is 0.802. The minimum absolute atomic E-state index is 0.0308. The first-order valence-corrected chi connectivity index (χ1v) is 16.3. The molecule has 248 valence electrons. The minimum atomic E-state index is -0.643. The summed E-state index contributed by atoms with van der Waals surface area (Å²) >= 11 is 12.5. The molecule has 1 aliphatic rings. The summed E-state index contributed by atoms with van der Waals surface area (Å²) in [5.41, 5.74) is 7.26. The monoisotopic (exact) mass is 680 g/mol. The number of imidazole rings is 1. The Balaban J connectivity index is 1.25. The van der Waals surface area contributed by atoms with Gasteiger partial charge in [0.25, 0.3) is 0 Å². The second kappa shape index (κ2) is 16.9. The Labute approximate surface area is 283 Å². The van der Waals surface area contributed by atoms with E-state index in [2.05, 4.69) is 10.3 Å². The number of aliphatic hydroxyl groups excluding tert-OH is 1. The summed E-state index contributed by atoms with van der Waals surface area (Å²) in [5.74, 6) is -0.471. The molecule has 10 nitrogen and oxygen atoms in total. The lowest BCUT2D eigenvalue weighted by molar-refractivity contribution is -0.252. The molecule has 0 spiro atoms. The van der Waals surface area contributed by atoms with E-state index in [9.17, 15) is 14.7 Å². The van der Waals surface area contributed by atoms with E-state index in [-0.39, 0.29) is 36.3 Å². The van der Waals surface area contributed by atoms with Gasteiger partial charge in [0.2, 0.25) is 11.8 Å². The fourth-order valence-corrected chi connectivity index (χ4v) is 5.90. The smallest absolute Gasteiger partial charge is 0.243 e. The van der Waals surface area contributed by atoms with Crippen LogP contribution in [0.15, 0.2) is 79.1 Å². The largest absolute Gasteiger partial charge is 0.392 e. The average molecular weight is 682 g/mol. The number of hydrogen-bond acceptors (Lipinski definition) is 7. The molecule has 0 radical (unpaired) electrons. The van der Waals surface area contributed by atoms with Gasteiger partial charge in [0.05, 0.1) is 31.7 Å². The topological polar surface area (TPSA) is 135 Å². The molecule has 3 aromatic carbocycles. The molecule has 1 fully saturated rings. The lowest BCUT2D eigenvalue weighted by Crippen LogP contribution is -2.32. The number of hydrogen-bond donors (Lipinski definition) is 4. The Kier molecular flexibility index (Phi) is 12.4. The maximum atomic E-state index is 12.5. The zero-order chi connectivity index (χ0) is 33.2. The zero-order valence-electron chi connectivity index (χ0n) is 25.8. The van der Waals surface area contributed by atoms with Crippen molar-refractivity contribution in [2.75, 3.05) is 0 Å². The van der Waals surface area contributed by atoms with Gasteiger partial charge in [-0.05, 0) is 40.7 Å². The number of carbonyl (C=O) groups is 2. The molecule has 4 N–H and O–H groups in total. The molecular formula is C35H38Cl2N4O6. The summed E-state index contributed by atoms with van der Waals surface area (Å²) in [5, 5.41) is 21.7. The zero-order valence-corrected chi connectivity index (χ0v) is 27.3. The third-order valence-corrected chi connectivity index (χ3v) is 8.94. The summed E-state index contributed by atoms with van der Waals surface area (Å²) in [4.78, 5) is 27.7. The third-order valence-electron chi connectivity index (χ3n) is 8.17. The number of nitrogens with one attached hydrogen (secondary N) is 2. The number of benzene rings is 3. The van der Waals surface area contributed by atoms with Crippen LogP contribution < -0.4 is 10.8 Å². The molecule has 1 aliphatic heterocycles. The van der Waals surface area contributed by atoms with E-state index in [0.717, 1.165) is 39.8 Å². The summed E-state index contributed by atoms with van der Waals surface area (Å²) in [6, 6.07) is 23.7. The van der Waals surface area contributed by atoms with Crippen LogP contribution in [0.5, 0.6) is 0 Å². The number of carbonyl (C=O) groups excluding carboxylic acids is 2. The number of amides is 2. The van der Waals surface area contributed by atoms with Gasteiger partial charge in [-0.15, -0.1) is 0 Å². The molecule has 4 aromatic rings. The predicted octanol–water partition coefficient (Wildman–Crippen LogP) is 6.67. The van der Waals surface area contributed by atoms with Crippen LogP contribution in [0.3, 0.4) is 0 Å². The van der Waals surface area contributed by atoms with E-state index in [0.29, 0.717) is 43.9 Å². The molecule has 0 unspecified atom stereocenters. The number of rotatable bonds is 14. The van der Waals surface area contributed by atoms with E-state index < -0.39 is 12.2 Å². The van der Waals surface area contributed by atoms with Gasteiger partial charge in [0.15, 0.2) is 11.4 Å². The Bertz CT molecular complexity index is 1630. The van der Waals surface area contributed by atoms with Crippen LogP contribution in [-0.4, -0.2) is 37.8 Å². The molecule has 1 saturated heterocycles. The van der Waals surface area contributed by atoms with Gasteiger partial charge in [0.1, 0.15) is 5.15 Å². The summed E-state index contributed by atoms with van der Waals surface area (Å²) < 4.78 is 14.7. The highest BCUT2D eigenvalue weighted by Crippen LogP contribution is 2.39. The van der Waals surface area contributed by atoms with Crippen molar-refractivity contribution < 1.29 is 29.4 Å². The standard InChI is InChI=1S/C35H38Cl2N4O6/c36-33-34(37)41(22-39-33)20-28-18-30(25-12-10-23(21-42)11-13-25)47-35(46-28)26-16-14-24(15-17-26)29-7-5-4-6-27(29)19-38-31(43)8-2-1-3-9-32(44)40-45/h4-7,10-17,22,28,30,35,42,45H,1-3,8-9,18-21H2,(H,38,43)(H,40,44)/t28-,30+,35+/m0/s1. The van der Waals surface area contributed by atoms with Crippen molar-refractivity contribution in [1.29, 1.82) is 0 Å². The Morgan fingerprint density at radius 1 is 0.894 bits per heavy atom. The van der Waals surface area contributed by atoms with Crippen LogP contribution in [-0.2, 0) is 38.8 Å². The van der Waals surface area contributed by atoms with E-state index in [1.165, 1.54) is 0 Å².